The molecule has 0 spiro atoms. The summed E-state index contributed by atoms with van der Waals surface area (Å²) in [6, 6.07) is 10.5. The second-order valence-corrected chi connectivity index (χ2v) is 9.91. The summed E-state index contributed by atoms with van der Waals surface area (Å²) < 4.78 is 49.1. The molecule has 5 aromatic rings. The number of methoxy groups -OCH3 is 1. The van der Waals surface area contributed by atoms with E-state index in [0.717, 1.165) is 27.3 Å². The lowest BCUT2D eigenvalue weighted by molar-refractivity contribution is -0.141. The average Bonchev–Trinajstić information content (AvgIpc) is 3.56. The number of aryl methyl sites for hydroxylation is 1. The maximum absolute atomic E-state index is 13.4. The van der Waals surface area contributed by atoms with Gasteiger partial charge in [-0.25, -0.2) is 4.68 Å². The minimum atomic E-state index is -4.69. The van der Waals surface area contributed by atoms with E-state index in [2.05, 4.69) is 15.4 Å². The zero-order valence-electron chi connectivity index (χ0n) is 22.2. The Labute approximate surface area is 236 Å². The molecule has 1 atom stereocenters. The van der Waals surface area contributed by atoms with Crippen LogP contribution in [0.3, 0.4) is 0 Å². The summed E-state index contributed by atoms with van der Waals surface area (Å²) in [6.07, 6.45) is -0.198. The van der Waals surface area contributed by atoms with Gasteiger partial charge in [-0.1, -0.05) is 29.8 Å². The van der Waals surface area contributed by atoms with Gasteiger partial charge in [0.15, 0.2) is 11.5 Å². The van der Waals surface area contributed by atoms with Crippen LogP contribution in [-0.2, 0) is 24.4 Å². The first-order chi connectivity index (χ1) is 19.5. The topological polar surface area (TPSA) is 96.8 Å². The van der Waals surface area contributed by atoms with E-state index in [4.69, 9.17) is 16.3 Å². The lowest BCUT2D eigenvalue weighted by atomic mass is 9.99. The molecule has 0 aliphatic rings. The van der Waals surface area contributed by atoms with Gasteiger partial charge in [0.05, 0.1) is 36.7 Å². The Balaban J connectivity index is 1.52. The summed E-state index contributed by atoms with van der Waals surface area (Å²) in [5.74, 6) is 0.0469. The Morgan fingerprint density at radius 3 is 2.54 bits per heavy atom. The van der Waals surface area contributed by atoms with E-state index in [1.165, 1.54) is 42.1 Å². The molecule has 9 nitrogen and oxygen atoms in total. The summed E-state index contributed by atoms with van der Waals surface area (Å²) in [5, 5.41) is 12.4. The van der Waals surface area contributed by atoms with E-state index in [0.29, 0.717) is 12.0 Å². The molecule has 0 amide bonds. The standard InChI is InChI=1S/C28H24ClF3N6O3/c1-4-22(24(39)10-16-5-7-21-17(9-16)13-36(2)34-21)37-14-25(41-3)20(12-27(37)40)19-11-18(29)6-8-23(19)38-15-26(33-35-38)28(30,31)32/h5-9,11-15,22H,4,10H2,1-3H3/t22-/m0/s1. The van der Waals surface area contributed by atoms with Gasteiger partial charge in [0.2, 0.25) is 0 Å². The molecule has 0 aliphatic carbocycles. The largest absolute Gasteiger partial charge is 0.495 e. The second kappa shape index (κ2) is 10.8. The van der Waals surface area contributed by atoms with Crippen molar-refractivity contribution in [3.63, 3.8) is 0 Å². The molecule has 3 heterocycles. The van der Waals surface area contributed by atoms with E-state index >= 15 is 0 Å². The molecule has 13 heteroatoms. The lowest BCUT2D eigenvalue weighted by Gasteiger charge is -2.20. The number of fused-ring (bicyclic) bond motifs is 1. The number of hydrogen-bond acceptors (Lipinski definition) is 6. The Hall–Kier alpha value is -4.45. The first-order valence-corrected chi connectivity index (χ1v) is 12.9. The predicted octanol–water partition coefficient (Wildman–Crippen LogP) is 5.43. The third-order valence-electron chi connectivity index (χ3n) is 6.70. The number of benzene rings is 2. The average molecular weight is 585 g/mol. The molecular weight excluding hydrogens is 561 g/mol. The van der Waals surface area contributed by atoms with Crippen LogP contribution in [0.15, 0.2) is 65.8 Å². The number of nitrogens with zero attached hydrogens (tertiary/aromatic N) is 6. The molecule has 0 unspecified atom stereocenters. The SMILES string of the molecule is CC[C@@H](C(=O)Cc1ccc2nn(C)cc2c1)n1cc(OC)c(-c2cc(Cl)ccc2-n2cc(C(F)(F)F)nn2)cc1=O. The highest BCUT2D eigenvalue weighted by molar-refractivity contribution is 6.31. The van der Waals surface area contributed by atoms with Gasteiger partial charge < -0.3 is 9.30 Å². The van der Waals surface area contributed by atoms with Gasteiger partial charge in [-0.05, 0) is 42.3 Å². The normalized spacial score (nSPS) is 12.6. The number of aromatic nitrogens is 6. The molecule has 0 saturated heterocycles. The van der Waals surface area contributed by atoms with Crippen molar-refractivity contribution >= 4 is 28.3 Å². The van der Waals surface area contributed by atoms with E-state index in [1.807, 2.05) is 31.4 Å². The molecule has 0 radical (unpaired) electrons. The summed E-state index contributed by atoms with van der Waals surface area (Å²) >= 11 is 6.23. The van der Waals surface area contributed by atoms with Crippen LogP contribution in [0.1, 0.15) is 30.6 Å². The minimum Gasteiger partial charge on any atom is -0.495 e. The number of carbonyl (C=O) groups is 1. The molecule has 3 aromatic heterocycles. The first-order valence-electron chi connectivity index (χ1n) is 12.5. The highest BCUT2D eigenvalue weighted by Crippen LogP contribution is 2.36. The third-order valence-corrected chi connectivity index (χ3v) is 6.93. The summed E-state index contributed by atoms with van der Waals surface area (Å²) in [5.41, 5.74) is 0.688. The quantitative estimate of drug-likeness (QED) is 0.241. The third kappa shape index (κ3) is 5.60. The molecule has 0 bridgehead atoms. The zero-order valence-corrected chi connectivity index (χ0v) is 22.9. The fraction of sp³-hybridized carbons (Fsp3) is 0.250. The molecule has 2 aromatic carbocycles. The number of halogens is 4. The van der Waals surface area contributed by atoms with E-state index < -0.39 is 23.5 Å². The van der Waals surface area contributed by atoms with Crippen molar-refractivity contribution in [3.05, 3.63) is 87.7 Å². The monoisotopic (exact) mass is 584 g/mol. The van der Waals surface area contributed by atoms with Crippen molar-refractivity contribution < 1.29 is 22.7 Å². The number of ketones is 1. The Kier molecular flexibility index (Phi) is 7.43. The van der Waals surface area contributed by atoms with Crippen LogP contribution in [0, 0.1) is 0 Å². The molecule has 5 rings (SSSR count). The van der Waals surface area contributed by atoms with Crippen LogP contribution < -0.4 is 10.3 Å². The van der Waals surface area contributed by atoms with Crippen LogP contribution >= 0.6 is 11.6 Å². The van der Waals surface area contributed by atoms with Crippen molar-refractivity contribution in [2.75, 3.05) is 7.11 Å². The van der Waals surface area contributed by atoms with Crippen LogP contribution in [0.4, 0.5) is 13.2 Å². The van der Waals surface area contributed by atoms with Gasteiger partial charge >= 0.3 is 6.18 Å². The number of pyridine rings is 1. The number of Topliss-reactive ketones (excluding diaryl/α,β-unsaturated/α-hetero) is 1. The van der Waals surface area contributed by atoms with E-state index in [1.54, 1.807) is 11.6 Å². The van der Waals surface area contributed by atoms with Crippen LogP contribution in [-0.4, -0.2) is 42.2 Å². The number of hydrogen-bond donors (Lipinski definition) is 0. The number of ether oxygens (including phenoxy) is 1. The number of carbonyl (C=O) groups excluding carboxylic acids is 1. The molecular formula is C28H24ClF3N6O3. The molecule has 41 heavy (non-hydrogen) atoms. The fourth-order valence-corrected chi connectivity index (χ4v) is 4.96. The van der Waals surface area contributed by atoms with Crippen molar-refractivity contribution in [2.45, 2.75) is 32.0 Å². The summed E-state index contributed by atoms with van der Waals surface area (Å²) in [6.45, 7) is 1.80. The van der Waals surface area contributed by atoms with E-state index in [9.17, 15) is 22.8 Å². The maximum Gasteiger partial charge on any atom is 0.436 e. The van der Waals surface area contributed by atoms with Crippen LogP contribution in [0.25, 0.3) is 27.7 Å². The van der Waals surface area contributed by atoms with Crippen LogP contribution in [0.5, 0.6) is 5.75 Å². The highest BCUT2D eigenvalue weighted by Gasteiger charge is 2.35. The van der Waals surface area contributed by atoms with E-state index in [-0.39, 0.29) is 34.2 Å². The Bertz CT molecular complexity index is 1830. The summed E-state index contributed by atoms with van der Waals surface area (Å²) in [7, 11) is 3.21. The Morgan fingerprint density at radius 2 is 1.85 bits per heavy atom. The molecule has 0 aliphatic heterocycles. The van der Waals surface area contributed by atoms with Gasteiger partial charge in [-0.3, -0.25) is 14.3 Å². The molecule has 0 saturated carbocycles. The predicted molar refractivity (Wildman–Crippen MR) is 146 cm³/mol. The number of alkyl halides is 3. The van der Waals surface area contributed by atoms with Crippen LogP contribution in [0.2, 0.25) is 5.02 Å². The maximum atomic E-state index is 13.4. The van der Waals surface area contributed by atoms with Gasteiger partial charge in [-0.15, -0.1) is 5.10 Å². The molecule has 212 valence electrons. The smallest absolute Gasteiger partial charge is 0.436 e. The van der Waals surface area contributed by atoms with Crippen molar-refractivity contribution in [2.24, 2.45) is 7.05 Å². The minimum absolute atomic E-state index is 0.103. The Morgan fingerprint density at radius 1 is 1.07 bits per heavy atom. The summed E-state index contributed by atoms with van der Waals surface area (Å²) in [4.78, 5) is 26.8. The zero-order chi connectivity index (χ0) is 29.5. The van der Waals surface area contributed by atoms with Crippen molar-refractivity contribution in [1.29, 1.82) is 0 Å². The fourth-order valence-electron chi connectivity index (χ4n) is 4.79. The highest BCUT2D eigenvalue weighted by atomic mass is 35.5. The number of rotatable bonds is 8. The van der Waals surface area contributed by atoms with Gasteiger partial charge in [0, 0.05) is 47.3 Å². The van der Waals surface area contributed by atoms with Crippen molar-refractivity contribution in [3.8, 4) is 22.6 Å². The van der Waals surface area contributed by atoms with Gasteiger partial charge in [0.25, 0.3) is 5.56 Å². The first kappa shape index (κ1) is 28.1. The lowest BCUT2D eigenvalue weighted by Crippen LogP contribution is -2.30. The van der Waals surface area contributed by atoms with Gasteiger partial charge in [-0.2, -0.15) is 18.3 Å². The van der Waals surface area contributed by atoms with Crippen molar-refractivity contribution in [1.82, 2.24) is 29.3 Å². The molecule has 0 N–H and O–H groups in total. The molecule has 0 fully saturated rings. The van der Waals surface area contributed by atoms with Gasteiger partial charge in [0.1, 0.15) is 5.75 Å². The second-order valence-electron chi connectivity index (χ2n) is 9.47.